The molecule has 144 valence electrons. The van der Waals surface area contributed by atoms with Crippen molar-refractivity contribution in [1.29, 1.82) is 0 Å². The molecule has 0 bridgehead atoms. The summed E-state index contributed by atoms with van der Waals surface area (Å²) in [5, 5.41) is 0. The molecule has 0 amide bonds. The fourth-order valence-electron chi connectivity index (χ4n) is 3.47. The Hall–Kier alpha value is -3.22. The second kappa shape index (κ2) is 8.21. The van der Waals surface area contributed by atoms with Crippen molar-refractivity contribution < 1.29 is 0 Å². The molecule has 1 aliphatic heterocycles. The summed E-state index contributed by atoms with van der Waals surface area (Å²) in [5.74, 6) is 2.49. The van der Waals surface area contributed by atoms with Crippen molar-refractivity contribution >= 4 is 23.4 Å². The highest BCUT2D eigenvalue weighted by molar-refractivity contribution is 5.59. The van der Waals surface area contributed by atoms with E-state index in [2.05, 4.69) is 67.8 Å². The molecule has 0 spiro atoms. The monoisotopic (exact) mass is 375 g/mol. The van der Waals surface area contributed by atoms with Crippen molar-refractivity contribution in [3.63, 3.8) is 0 Å². The van der Waals surface area contributed by atoms with Gasteiger partial charge in [0.15, 0.2) is 0 Å². The number of rotatable bonds is 5. The Bertz CT molecular complexity index is 907. The molecule has 7 heteroatoms. The van der Waals surface area contributed by atoms with Gasteiger partial charge in [-0.05, 0) is 43.7 Å². The third kappa shape index (κ3) is 3.88. The standard InChI is InChI=1S/C21H25N7/c1-3-28(18-7-4-6-17(2)16-18)21-24-11-8-19(25-21)26-12-14-27(15-13-26)20-22-9-5-10-23-20/h4-11,16H,3,12-15H2,1-2H3. The second-order valence-electron chi connectivity index (χ2n) is 6.82. The number of hydrogen-bond acceptors (Lipinski definition) is 7. The molecule has 1 saturated heterocycles. The molecule has 0 saturated carbocycles. The number of benzene rings is 1. The molecule has 1 aromatic carbocycles. The van der Waals surface area contributed by atoms with Gasteiger partial charge in [-0.3, -0.25) is 0 Å². The van der Waals surface area contributed by atoms with E-state index in [4.69, 9.17) is 4.98 Å². The quantitative estimate of drug-likeness (QED) is 0.679. The molecule has 0 radical (unpaired) electrons. The molecule has 4 rings (SSSR count). The fourth-order valence-corrected chi connectivity index (χ4v) is 3.47. The molecule has 28 heavy (non-hydrogen) atoms. The maximum Gasteiger partial charge on any atom is 0.231 e. The lowest BCUT2D eigenvalue weighted by molar-refractivity contribution is 0.633. The number of piperazine rings is 1. The Kier molecular flexibility index (Phi) is 5.32. The number of anilines is 4. The molecule has 1 fully saturated rings. The molecule has 1 aliphatic rings. The summed E-state index contributed by atoms with van der Waals surface area (Å²) in [6.07, 6.45) is 5.43. The number of aromatic nitrogens is 4. The number of nitrogens with zero attached hydrogens (tertiary/aromatic N) is 7. The average molecular weight is 375 g/mol. The van der Waals surface area contributed by atoms with Crippen LogP contribution in [-0.2, 0) is 0 Å². The van der Waals surface area contributed by atoms with Crippen LogP contribution in [0.4, 0.5) is 23.4 Å². The van der Waals surface area contributed by atoms with E-state index in [1.807, 2.05) is 18.3 Å². The van der Waals surface area contributed by atoms with Crippen LogP contribution in [0.5, 0.6) is 0 Å². The Morgan fingerprint density at radius 1 is 0.893 bits per heavy atom. The Labute approximate surface area is 165 Å². The largest absolute Gasteiger partial charge is 0.353 e. The summed E-state index contributed by atoms with van der Waals surface area (Å²) < 4.78 is 0. The van der Waals surface area contributed by atoms with Gasteiger partial charge in [0.1, 0.15) is 5.82 Å². The molecule has 3 aromatic rings. The zero-order valence-corrected chi connectivity index (χ0v) is 16.4. The van der Waals surface area contributed by atoms with E-state index < -0.39 is 0 Å². The van der Waals surface area contributed by atoms with Crippen LogP contribution in [0.3, 0.4) is 0 Å². The van der Waals surface area contributed by atoms with Crippen LogP contribution in [0.1, 0.15) is 12.5 Å². The minimum absolute atomic E-state index is 0.736. The van der Waals surface area contributed by atoms with Crippen LogP contribution in [0.25, 0.3) is 0 Å². The maximum absolute atomic E-state index is 4.86. The molecule has 0 unspecified atom stereocenters. The van der Waals surface area contributed by atoms with Crippen molar-refractivity contribution in [1.82, 2.24) is 19.9 Å². The Morgan fingerprint density at radius 3 is 2.36 bits per heavy atom. The van der Waals surface area contributed by atoms with Crippen molar-refractivity contribution in [2.45, 2.75) is 13.8 Å². The van der Waals surface area contributed by atoms with Crippen LogP contribution < -0.4 is 14.7 Å². The van der Waals surface area contributed by atoms with Gasteiger partial charge in [0.2, 0.25) is 11.9 Å². The minimum atomic E-state index is 0.736. The van der Waals surface area contributed by atoms with Gasteiger partial charge < -0.3 is 14.7 Å². The zero-order valence-electron chi connectivity index (χ0n) is 16.4. The van der Waals surface area contributed by atoms with Gasteiger partial charge in [-0.2, -0.15) is 4.98 Å². The average Bonchev–Trinajstić information content (AvgIpc) is 2.75. The maximum atomic E-state index is 4.86. The first-order valence-electron chi connectivity index (χ1n) is 9.69. The summed E-state index contributed by atoms with van der Waals surface area (Å²) in [6, 6.07) is 12.3. The first-order chi connectivity index (χ1) is 13.7. The summed E-state index contributed by atoms with van der Waals surface area (Å²) in [6.45, 7) is 8.54. The van der Waals surface area contributed by atoms with E-state index in [1.165, 1.54) is 5.56 Å². The molecule has 0 atom stereocenters. The van der Waals surface area contributed by atoms with Gasteiger partial charge in [0.25, 0.3) is 0 Å². The van der Waals surface area contributed by atoms with E-state index >= 15 is 0 Å². The highest BCUT2D eigenvalue weighted by atomic mass is 15.3. The van der Waals surface area contributed by atoms with Crippen molar-refractivity contribution in [3.8, 4) is 0 Å². The summed E-state index contributed by atoms with van der Waals surface area (Å²) in [5.41, 5.74) is 2.34. The van der Waals surface area contributed by atoms with E-state index in [1.54, 1.807) is 12.4 Å². The van der Waals surface area contributed by atoms with Gasteiger partial charge in [-0.1, -0.05) is 12.1 Å². The predicted octanol–water partition coefficient (Wildman–Crippen LogP) is 3.06. The highest BCUT2D eigenvalue weighted by Crippen LogP contribution is 2.25. The van der Waals surface area contributed by atoms with Gasteiger partial charge in [0.05, 0.1) is 0 Å². The molecule has 0 aliphatic carbocycles. The minimum Gasteiger partial charge on any atom is -0.353 e. The second-order valence-corrected chi connectivity index (χ2v) is 6.82. The Balaban J connectivity index is 1.50. The molecule has 0 N–H and O–H groups in total. The smallest absolute Gasteiger partial charge is 0.231 e. The van der Waals surface area contributed by atoms with Crippen LogP contribution in [0, 0.1) is 6.92 Å². The highest BCUT2D eigenvalue weighted by Gasteiger charge is 2.21. The zero-order chi connectivity index (χ0) is 19.3. The normalized spacial score (nSPS) is 14.2. The van der Waals surface area contributed by atoms with E-state index in [0.29, 0.717) is 0 Å². The van der Waals surface area contributed by atoms with Gasteiger partial charge in [-0.25, -0.2) is 15.0 Å². The lowest BCUT2D eigenvalue weighted by atomic mass is 10.2. The van der Waals surface area contributed by atoms with E-state index in [9.17, 15) is 0 Å². The third-order valence-electron chi connectivity index (χ3n) is 4.94. The Morgan fingerprint density at radius 2 is 1.64 bits per heavy atom. The first kappa shape index (κ1) is 18.2. The topological polar surface area (TPSA) is 61.3 Å². The van der Waals surface area contributed by atoms with E-state index in [0.717, 1.165) is 56.1 Å². The van der Waals surface area contributed by atoms with Crippen LogP contribution in [0.2, 0.25) is 0 Å². The van der Waals surface area contributed by atoms with Gasteiger partial charge in [-0.15, -0.1) is 0 Å². The predicted molar refractivity (Wildman–Crippen MR) is 112 cm³/mol. The van der Waals surface area contributed by atoms with Crippen molar-refractivity contribution in [2.24, 2.45) is 0 Å². The van der Waals surface area contributed by atoms with E-state index in [-0.39, 0.29) is 0 Å². The molecule has 2 aromatic heterocycles. The van der Waals surface area contributed by atoms with Crippen LogP contribution in [0.15, 0.2) is 55.0 Å². The molecular weight excluding hydrogens is 350 g/mol. The summed E-state index contributed by atoms with van der Waals surface area (Å²) in [7, 11) is 0. The van der Waals surface area contributed by atoms with Gasteiger partial charge in [0, 0.05) is 57.0 Å². The number of aryl methyl sites for hydroxylation is 1. The van der Waals surface area contributed by atoms with Crippen molar-refractivity contribution in [2.75, 3.05) is 47.4 Å². The van der Waals surface area contributed by atoms with Crippen LogP contribution in [-0.4, -0.2) is 52.7 Å². The molecule has 7 nitrogen and oxygen atoms in total. The summed E-state index contributed by atoms with van der Waals surface area (Å²) >= 11 is 0. The molecule has 3 heterocycles. The first-order valence-corrected chi connectivity index (χ1v) is 9.69. The third-order valence-corrected chi connectivity index (χ3v) is 4.94. The summed E-state index contributed by atoms with van der Waals surface area (Å²) in [4.78, 5) is 24.8. The fraction of sp³-hybridized carbons (Fsp3) is 0.333. The van der Waals surface area contributed by atoms with Crippen LogP contribution >= 0.6 is 0 Å². The van der Waals surface area contributed by atoms with Crippen molar-refractivity contribution in [3.05, 3.63) is 60.6 Å². The SMILES string of the molecule is CCN(c1cccc(C)c1)c1nccc(N2CCN(c3ncccn3)CC2)n1. The van der Waals surface area contributed by atoms with Gasteiger partial charge >= 0.3 is 0 Å². The lowest BCUT2D eigenvalue weighted by Crippen LogP contribution is -2.47. The molecular formula is C21H25N7. The number of hydrogen-bond donors (Lipinski definition) is 0. The lowest BCUT2D eigenvalue weighted by Gasteiger charge is -2.35.